The number of halogens is 1. The Morgan fingerprint density at radius 2 is 2.00 bits per heavy atom. The van der Waals surface area contributed by atoms with E-state index < -0.39 is 23.7 Å². The maximum absolute atomic E-state index is 12.8. The van der Waals surface area contributed by atoms with E-state index in [1.807, 2.05) is 48.5 Å². The first-order valence-corrected chi connectivity index (χ1v) is 10.3. The van der Waals surface area contributed by atoms with Crippen LogP contribution in [0.4, 0.5) is 0 Å². The summed E-state index contributed by atoms with van der Waals surface area (Å²) in [6.45, 7) is 0. The number of carbonyl (C=O) groups is 2. The first-order chi connectivity index (χ1) is 13.5. The van der Waals surface area contributed by atoms with Crippen molar-refractivity contribution in [3.63, 3.8) is 0 Å². The molecule has 0 saturated carbocycles. The van der Waals surface area contributed by atoms with Crippen LogP contribution in [-0.4, -0.2) is 19.0 Å². The van der Waals surface area contributed by atoms with E-state index in [9.17, 15) is 14.9 Å². The van der Waals surface area contributed by atoms with E-state index in [4.69, 9.17) is 4.74 Å². The average molecular weight is 457 g/mol. The van der Waals surface area contributed by atoms with Gasteiger partial charge in [0.15, 0.2) is 0 Å². The van der Waals surface area contributed by atoms with Gasteiger partial charge in [-0.15, -0.1) is 11.8 Å². The largest absolute Gasteiger partial charge is 0.468 e. The van der Waals surface area contributed by atoms with Gasteiger partial charge in [0.2, 0.25) is 5.91 Å². The van der Waals surface area contributed by atoms with Gasteiger partial charge in [-0.3, -0.25) is 9.59 Å². The second-order valence-corrected chi connectivity index (χ2v) is 8.05. The predicted molar refractivity (Wildman–Crippen MR) is 111 cm³/mol. The predicted octanol–water partition coefficient (Wildman–Crippen LogP) is 4.12. The van der Waals surface area contributed by atoms with Crippen molar-refractivity contribution < 1.29 is 14.3 Å². The summed E-state index contributed by atoms with van der Waals surface area (Å²) in [5.41, 5.74) is 2.13. The minimum atomic E-state index is -1.12. The summed E-state index contributed by atoms with van der Waals surface area (Å²) in [6, 6.07) is 19.3. The molecule has 0 bridgehead atoms. The minimum Gasteiger partial charge on any atom is -0.468 e. The van der Waals surface area contributed by atoms with Crippen LogP contribution < -0.4 is 5.32 Å². The van der Waals surface area contributed by atoms with Gasteiger partial charge in [-0.25, -0.2) is 0 Å². The normalized spacial score (nSPS) is 19.0. The number of thioether (sulfide) groups is 1. The third-order valence-corrected chi connectivity index (χ3v) is 6.00. The topological polar surface area (TPSA) is 79.2 Å². The molecular formula is C21H17BrN2O3S. The third-order valence-electron chi connectivity index (χ3n) is 4.42. The Morgan fingerprint density at radius 1 is 1.25 bits per heavy atom. The molecule has 0 unspecified atom stereocenters. The standard InChI is InChI=1S/C21H17BrN2O3S/c1-27-21(26)18-17(14-8-5-9-15(22)10-14)16(11-23)20(24-19(18)25)28-12-13-6-3-2-4-7-13/h2-10,17-18H,12H2,1H3,(H,24,25)/t17-,18+/m1/s1. The van der Waals surface area contributed by atoms with Crippen LogP contribution in [0, 0.1) is 17.2 Å². The number of benzene rings is 2. The third kappa shape index (κ3) is 4.29. The highest BCUT2D eigenvalue weighted by atomic mass is 79.9. The second kappa shape index (κ2) is 9.09. The quantitative estimate of drug-likeness (QED) is 0.540. The van der Waals surface area contributed by atoms with E-state index in [0.717, 1.165) is 10.0 Å². The molecular weight excluding hydrogens is 440 g/mol. The van der Waals surface area contributed by atoms with Gasteiger partial charge in [-0.1, -0.05) is 58.4 Å². The van der Waals surface area contributed by atoms with Crippen molar-refractivity contribution in [2.24, 2.45) is 5.92 Å². The molecule has 2 atom stereocenters. The fourth-order valence-electron chi connectivity index (χ4n) is 3.11. The lowest BCUT2D eigenvalue weighted by molar-refractivity contribution is -0.150. The summed E-state index contributed by atoms with van der Waals surface area (Å²) < 4.78 is 5.65. The molecule has 1 N–H and O–H groups in total. The zero-order chi connectivity index (χ0) is 20.1. The molecule has 1 aliphatic rings. The number of hydrogen-bond acceptors (Lipinski definition) is 5. The molecule has 0 aliphatic carbocycles. The van der Waals surface area contributed by atoms with Crippen molar-refractivity contribution in [3.05, 3.63) is 80.8 Å². The van der Waals surface area contributed by atoms with Gasteiger partial charge in [0, 0.05) is 16.1 Å². The lowest BCUT2D eigenvalue weighted by Gasteiger charge is -2.31. The number of rotatable bonds is 5. The van der Waals surface area contributed by atoms with Crippen molar-refractivity contribution >= 4 is 39.6 Å². The van der Waals surface area contributed by atoms with Gasteiger partial charge in [0.05, 0.1) is 23.8 Å². The SMILES string of the molecule is COC(=O)[C@@H]1C(=O)NC(SCc2ccccc2)=C(C#N)[C@H]1c1cccc(Br)c1. The fourth-order valence-corrected chi connectivity index (χ4v) is 4.53. The number of hydrogen-bond donors (Lipinski definition) is 1. The van der Waals surface area contributed by atoms with E-state index in [2.05, 4.69) is 27.3 Å². The molecule has 0 spiro atoms. The Bertz CT molecular complexity index is 969. The van der Waals surface area contributed by atoms with Crippen LogP contribution in [0.5, 0.6) is 0 Å². The number of nitrogens with zero attached hydrogens (tertiary/aromatic N) is 1. The second-order valence-electron chi connectivity index (χ2n) is 6.15. The Kier molecular flexibility index (Phi) is 6.55. The molecule has 2 aromatic carbocycles. The first kappa shape index (κ1) is 20.2. The number of carbonyl (C=O) groups excluding carboxylic acids is 2. The molecule has 142 valence electrons. The molecule has 2 aromatic rings. The summed E-state index contributed by atoms with van der Waals surface area (Å²) >= 11 is 4.79. The number of nitriles is 1. The summed E-state index contributed by atoms with van der Waals surface area (Å²) in [7, 11) is 1.24. The van der Waals surface area contributed by atoms with Gasteiger partial charge in [0.25, 0.3) is 0 Å². The number of allylic oxidation sites excluding steroid dienone is 1. The fraction of sp³-hybridized carbons (Fsp3) is 0.190. The van der Waals surface area contributed by atoms with Crippen LogP contribution in [0.15, 0.2) is 69.7 Å². The van der Waals surface area contributed by atoms with E-state index in [1.165, 1.54) is 18.9 Å². The van der Waals surface area contributed by atoms with Crippen molar-refractivity contribution in [1.29, 1.82) is 5.26 Å². The monoisotopic (exact) mass is 456 g/mol. The molecule has 3 rings (SSSR count). The van der Waals surface area contributed by atoms with Crippen molar-refractivity contribution in [2.45, 2.75) is 11.7 Å². The molecule has 28 heavy (non-hydrogen) atoms. The Hall–Kier alpha value is -2.56. The van der Waals surface area contributed by atoms with E-state index in [-0.39, 0.29) is 0 Å². The summed E-state index contributed by atoms with van der Waals surface area (Å²) in [4.78, 5) is 25.1. The zero-order valence-electron chi connectivity index (χ0n) is 15.0. The molecule has 0 fully saturated rings. The van der Waals surface area contributed by atoms with E-state index in [1.54, 1.807) is 6.07 Å². The Labute approximate surface area is 175 Å². The zero-order valence-corrected chi connectivity index (χ0v) is 17.4. The molecule has 0 saturated heterocycles. The molecule has 0 aromatic heterocycles. The van der Waals surface area contributed by atoms with Gasteiger partial charge in [-0.05, 0) is 23.3 Å². The minimum absolute atomic E-state index is 0.356. The van der Waals surface area contributed by atoms with Crippen molar-refractivity contribution in [3.8, 4) is 6.07 Å². The van der Waals surface area contributed by atoms with Crippen LogP contribution >= 0.6 is 27.7 Å². The highest BCUT2D eigenvalue weighted by molar-refractivity contribution is 9.10. The van der Waals surface area contributed by atoms with Crippen LogP contribution in [-0.2, 0) is 20.1 Å². The van der Waals surface area contributed by atoms with Crippen LogP contribution in [0.2, 0.25) is 0 Å². The van der Waals surface area contributed by atoms with Crippen LogP contribution in [0.3, 0.4) is 0 Å². The molecule has 5 nitrogen and oxygen atoms in total. The summed E-state index contributed by atoms with van der Waals surface area (Å²) in [5.74, 6) is -2.36. The molecule has 0 radical (unpaired) electrons. The highest BCUT2D eigenvalue weighted by Gasteiger charge is 2.44. The van der Waals surface area contributed by atoms with Gasteiger partial charge in [-0.2, -0.15) is 5.26 Å². The maximum Gasteiger partial charge on any atom is 0.319 e. The van der Waals surface area contributed by atoms with Gasteiger partial charge < -0.3 is 10.1 Å². The molecule has 1 amide bonds. The number of esters is 1. The molecule has 1 aliphatic heterocycles. The van der Waals surface area contributed by atoms with E-state index in [0.29, 0.717) is 21.9 Å². The lowest BCUT2D eigenvalue weighted by atomic mass is 9.78. The smallest absolute Gasteiger partial charge is 0.319 e. The summed E-state index contributed by atoms with van der Waals surface area (Å²) in [5, 5.41) is 13.1. The molecule has 1 heterocycles. The van der Waals surface area contributed by atoms with Crippen LogP contribution in [0.25, 0.3) is 0 Å². The van der Waals surface area contributed by atoms with Gasteiger partial charge in [0.1, 0.15) is 5.92 Å². The molecule has 7 heteroatoms. The summed E-state index contributed by atoms with van der Waals surface area (Å²) in [6.07, 6.45) is 0. The number of ether oxygens (including phenoxy) is 1. The van der Waals surface area contributed by atoms with E-state index >= 15 is 0 Å². The average Bonchev–Trinajstić information content (AvgIpc) is 2.71. The van der Waals surface area contributed by atoms with Crippen LogP contribution in [0.1, 0.15) is 17.0 Å². The first-order valence-electron chi connectivity index (χ1n) is 8.50. The maximum atomic E-state index is 12.8. The number of methoxy groups -OCH3 is 1. The number of nitrogens with one attached hydrogen (secondary N) is 1. The highest BCUT2D eigenvalue weighted by Crippen LogP contribution is 2.41. The van der Waals surface area contributed by atoms with Gasteiger partial charge >= 0.3 is 5.97 Å². The number of amides is 1. The van der Waals surface area contributed by atoms with Crippen molar-refractivity contribution in [2.75, 3.05) is 7.11 Å². The lowest BCUT2D eigenvalue weighted by Crippen LogP contribution is -2.44. The van der Waals surface area contributed by atoms with Crippen molar-refractivity contribution in [1.82, 2.24) is 5.32 Å². The Morgan fingerprint density at radius 3 is 2.64 bits per heavy atom. The Balaban J connectivity index is 2.04.